The summed E-state index contributed by atoms with van der Waals surface area (Å²) in [6, 6.07) is 11.3. The number of halogens is 3. The van der Waals surface area contributed by atoms with E-state index in [1.165, 1.54) is 20.3 Å². The van der Waals surface area contributed by atoms with Gasteiger partial charge in [-0.2, -0.15) is 13.2 Å². The van der Waals surface area contributed by atoms with Crippen LogP contribution in [0.25, 0.3) is 0 Å². The fourth-order valence-electron chi connectivity index (χ4n) is 3.65. The van der Waals surface area contributed by atoms with Crippen LogP contribution in [-0.4, -0.2) is 26.3 Å². The largest absolute Gasteiger partial charge is 0.496 e. The van der Waals surface area contributed by atoms with E-state index in [4.69, 9.17) is 9.47 Å². The van der Waals surface area contributed by atoms with Crippen LogP contribution in [-0.2, 0) is 23.2 Å². The van der Waals surface area contributed by atoms with E-state index in [1.807, 2.05) is 0 Å². The molecule has 2 aromatic carbocycles. The van der Waals surface area contributed by atoms with E-state index in [1.54, 1.807) is 36.4 Å². The summed E-state index contributed by atoms with van der Waals surface area (Å²) in [4.78, 5) is 12.6. The summed E-state index contributed by atoms with van der Waals surface area (Å²) in [5.41, 5.74) is -1.26. The van der Waals surface area contributed by atoms with Crippen LogP contribution in [0.1, 0.15) is 23.1 Å². The molecule has 7 heteroatoms. The number of amides is 1. The maximum Gasteiger partial charge on any atom is 0.415 e. The monoisotopic (exact) mass is 379 g/mol. The molecule has 1 amide bonds. The Hall–Kier alpha value is -2.70. The third-order valence-corrected chi connectivity index (χ3v) is 4.95. The molecule has 1 N–H and O–H groups in total. The summed E-state index contributed by atoms with van der Waals surface area (Å²) < 4.78 is 52.5. The SMILES string of the molecule is COc1cccc(OC)c1CC(=O)NC1(C(F)(F)F)CCc2ccccc21. The summed E-state index contributed by atoms with van der Waals surface area (Å²) in [6.07, 6.45) is -4.86. The highest BCUT2D eigenvalue weighted by Crippen LogP contribution is 2.48. The number of carbonyl (C=O) groups is 1. The fraction of sp³-hybridized carbons (Fsp3) is 0.350. The normalized spacial score (nSPS) is 18.7. The highest BCUT2D eigenvalue weighted by molar-refractivity contribution is 5.81. The Balaban J connectivity index is 1.93. The van der Waals surface area contributed by atoms with Crippen LogP contribution in [0.4, 0.5) is 13.2 Å². The van der Waals surface area contributed by atoms with E-state index in [2.05, 4.69) is 5.32 Å². The average Bonchev–Trinajstić information content (AvgIpc) is 3.01. The molecule has 0 heterocycles. The van der Waals surface area contributed by atoms with E-state index in [0.717, 1.165) is 0 Å². The second-order valence-electron chi connectivity index (χ2n) is 6.43. The Bertz CT molecular complexity index is 828. The standard InChI is InChI=1S/C20H20F3NO3/c1-26-16-8-5-9-17(27-2)14(16)12-18(25)24-19(20(21,22)23)11-10-13-6-3-4-7-15(13)19/h3-9H,10-12H2,1-2H3,(H,24,25). The van der Waals surface area contributed by atoms with Crippen molar-refractivity contribution >= 4 is 5.91 Å². The summed E-state index contributed by atoms with van der Waals surface area (Å²) in [5, 5.41) is 2.26. The van der Waals surface area contributed by atoms with Crippen molar-refractivity contribution in [2.45, 2.75) is 31.0 Å². The van der Waals surface area contributed by atoms with E-state index < -0.39 is 17.6 Å². The van der Waals surface area contributed by atoms with Crippen LogP contribution in [0.3, 0.4) is 0 Å². The van der Waals surface area contributed by atoms with Crippen LogP contribution in [0, 0.1) is 0 Å². The summed E-state index contributed by atoms with van der Waals surface area (Å²) in [5.74, 6) is 0.0292. The zero-order valence-corrected chi connectivity index (χ0v) is 15.0. The summed E-state index contributed by atoms with van der Waals surface area (Å²) in [7, 11) is 2.86. The Morgan fingerprint density at radius 1 is 1.07 bits per heavy atom. The van der Waals surface area contributed by atoms with Crippen molar-refractivity contribution in [2.75, 3.05) is 14.2 Å². The van der Waals surface area contributed by atoms with Gasteiger partial charge in [-0.15, -0.1) is 0 Å². The Kier molecular flexibility index (Phi) is 5.04. The first kappa shape index (κ1) is 19.1. The van der Waals surface area contributed by atoms with E-state index in [9.17, 15) is 18.0 Å². The molecule has 0 saturated heterocycles. The average molecular weight is 379 g/mol. The number of rotatable bonds is 5. The second-order valence-corrected chi connectivity index (χ2v) is 6.43. The lowest BCUT2D eigenvalue weighted by Crippen LogP contribution is -2.55. The van der Waals surface area contributed by atoms with Crippen molar-refractivity contribution in [2.24, 2.45) is 0 Å². The number of nitrogens with one attached hydrogen (secondary N) is 1. The summed E-state index contributed by atoms with van der Waals surface area (Å²) in [6.45, 7) is 0. The van der Waals surface area contributed by atoms with Crippen LogP contribution in [0.5, 0.6) is 11.5 Å². The predicted molar refractivity (Wildman–Crippen MR) is 93.9 cm³/mol. The molecule has 1 aliphatic carbocycles. The smallest absolute Gasteiger partial charge is 0.415 e. The van der Waals surface area contributed by atoms with E-state index in [-0.39, 0.29) is 24.8 Å². The van der Waals surface area contributed by atoms with Gasteiger partial charge in [0.15, 0.2) is 5.54 Å². The number of hydrogen-bond acceptors (Lipinski definition) is 3. The number of fused-ring (bicyclic) bond motifs is 1. The van der Waals surface area contributed by atoms with Gasteiger partial charge in [-0.25, -0.2) is 0 Å². The molecule has 1 unspecified atom stereocenters. The van der Waals surface area contributed by atoms with Crippen LogP contribution < -0.4 is 14.8 Å². The van der Waals surface area contributed by atoms with Crippen molar-refractivity contribution in [1.82, 2.24) is 5.32 Å². The molecule has 144 valence electrons. The maximum atomic E-state index is 14.0. The molecule has 0 radical (unpaired) electrons. The van der Waals surface area contributed by atoms with Crippen molar-refractivity contribution in [3.8, 4) is 11.5 Å². The highest BCUT2D eigenvalue weighted by Gasteiger charge is 2.59. The van der Waals surface area contributed by atoms with Gasteiger partial charge in [0.2, 0.25) is 5.91 Å². The quantitative estimate of drug-likeness (QED) is 0.860. The number of hydrogen-bond donors (Lipinski definition) is 1. The molecule has 0 saturated carbocycles. The zero-order chi connectivity index (χ0) is 19.7. The van der Waals surface area contributed by atoms with Gasteiger partial charge in [-0.05, 0) is 36.1 Å². The third kappa shape index (κ3) is 3.34. The van der Waals surface area contributed by atoms with Crippen LogP contribution in [0.2, 0.25) is 0 Å². The first-order chi connectivity index (χ1) is 12.8. The number of alkyl halides is 3. The molecule has 3 rings (SSSR count). The second kappa shape index (κ2) is 7.13. The molecule has 2 aromatic rings. The molecule has 1 aliphatic rings. The first-order valence-corrected chi connectivity index (χ1v) is 8.48. The van der Waals surface area contributed by atoms with Gasteiger partial charge in [0.25, 0.3) is 0 Å². The predicted octanol–water partition coefficient (Wildman–Crippen LogP) is 3.77. The van der Waals surface area contributed by atoms with E-state index >= 15 is 0 Å². The lowest BCUT2D eigenvalue weighted by molar-refractivity contribution is -0.202. The molecule has 0 bridgehead atoms. The number of benzene rings is 2. The van der Waals surface area contributed by atoms with Gasteiger partial charge in [-0.3, -0.25) is 4.79 Å². The number of carbonyl (C=O) groups excluding carboxylic acids is 1. The molecule has 4 nitrogen and oxygen atoms in total. The molecule has 0 aliphatic heterocycles. The topological polar surface area (TPSA) is 47.6 Å². The van der Waals surface area contributed by atoms with Gasteiger partial charge in [-0.1, -0.05) is 30.3 Å². The third-order valence-electron chi connectivity index (χ3n) is 4.95. The molecule has 0 aromatic heterocycles. The van der Waals surface area contributed by atoms with Gasteiger partial charge >= 0.3 is 6.18 Å². The van der Waals surface area contributed by atoms with Gasteiger partial charge in [0.1, 0.15) is 11.5 Å². The molecule has 1 atom stereocenters. The first-order valence-electron chi connectivity index (χ1n) is 8.48. The molecular weight excluding hydrogens is 359 g/mol. The fourth-order valence-corrected chi connectivity index (χ4v) is 3.65. The number of ether oxygens (including phenoxy) is 2. The van der Waals surface area contributed by atoms with Crippen molar-refractivity contribution in [3.05, 3.63) is 59.2 Å². The Morgan fingerprint density at radius 2 is 1.70 bits per heavy atom. The number of methoxy groups -OCH3 is 2. The number of aryl methyl sites for hydroxylation is 1. The highest BCUT2D eigenvalue weighted by atomic mass is 19.4. The maximum absolute atomic E-state index is 14.0. The summed E-state index contributed by atoms with van der Waals surface area (Å²) >= 11 is 0. The Morgan fingerprint density at radius 3 is 2.30 bits per heavy atom. The van der Waals surface area contributed by atoms with Crippen molar-refractivity contribution in [3.63, 3.8) is 0 Å². The molecular formula is C20H20F3NO3. The van der Waals surface area contributed by atoms with Gasteiger partial charge in [0, 0.05) is 5.56 Å². The Labute approximate surface area is 155 Å². The van der Waals surface area contributed by atoms with E-state index in [0.29, 0.717) is 22.6 Å². The zero-order valence-electron chi connectivity index (χ0n) is 15.0. The minimum Gasteiger partial charge on any atom is -0.496 e. The van der Waals surface area contributed by atoms with Crippen LogP contribution >= 0.6 is 0 Å². The minimum atomic E-state index is -4.61. The molecule has 0 fully saturated rings. The lowest BCUT2D eigenvalue weighted by atomic mass is 9.90. The van der Waals surface area contributed by atoms with Gasteiger partial charge < -0.3 is 14.8 Å². The van der Waals surface area contributed by atoms with Gasteiger partial charge in [0.05, 0.1) is 20.6 Å². The molecule has 27 heavy (non-hydrogen) atoms. The van der Waals surface area contributed by atoms with Crippen LogP contribution in [0.15, 0.2) is 42.5 Å². The minimum absolute atomic E-state index is 0.109. The molecule has 0 spiro atoms. The van der Waals surface area contributed by atoms with Crippen molar-refractivity contribution < 1.29 is 27.4 Å². The van der Waals surface area contributed by atoms with Crippen molar-refractivity contribution in [1.29, 1.82) is 0 Å². The lowest BCUT2D eigenvalue weighted by Gasteiger charge is -2.34.